The molecule has 1 aromatic carbocycles. The summed E-state index contributed by atoms with van der Waals surface area (Å²) in [5.41, 5.74) is 0. The first kappa shape index (κ1) is 14.3. The molecule has 0 aliphatic heterocycles. The Morgan fingerprint density at radius 3 is 2.39 bits per heavy atom. The molecule has 1 aromatic rings. The quantitative estimate of drug-likeness (QED) is 0.614. The van der Waals surface area contributed by atoms with Gasteiger partial charge < -0.3 is 0 Å². The second-order valence-corrected chi connectivity index (χ2v) is 7.39. The van der Waals surface area contributed by atoms with Crippen LogP contribution in [0.5, 0.6) is 0 Å². The van der Waals surface area contributed by atoms with Crippen molar-refractivity contribution >= 4 is 37.6 Å². The van der Waals surface area contributed by atoms with Crippen LogP contribution in [0.1, 0.15) is 25.7 Å². The Bertz CT molecular complexity index is 501. The predicted octanol–water partition coefficient (Wildman–Crippen LogP) is 3.70. The SMILES string of the molecule is O=S(=O)(O[C@@H]1CCCC[C@H]1Cl)c1ccc(Br)cc1. The van der Waals surface area contributed by atoms with Crippen molar-refractivity contribution in [3.8, 4) is 0 Å². The molecule has 0 heterocycles. The van der Waals surface area contributed by atoms with Gasteiger partial charge in [-0.05, 0) is 37.1 Å². The van der Waals surface area contributed by atoms with Crippen LogP contribution < -0.4 is 0 Å². The van der Waals surface area contributed by atoms with Gasteiger partial charge in [0.2, 0.25) is 0 Å². The molecule has 100 valence electrons. The average Bonchev–Trinajstić information content (AvgIpc) is 2.32. The highest BCUT2D eigenvalue weighted by molar-refractivity contribution is 9.10. The largest absolute Gasteiger partial charge is 0.297 e. The Kier molecular flexibility index (Phi) is 4.69. The topological polar surface area (TPSA) is 43.4 Å². The van der Waals surface area contributed by atoms with Gasteiger partial charge >= 0.3 is 0 Å². The summed E-state index contributed by atoms with van der Waals surface area (Å²) in [6.07, 6.45) is 3.09. The van der Waals surface area contributed by atoms with Gasteiger partial charge in [-0.3, -0.25) is 4.18 Å². The third-order valence-corrected chi connectivity index (χ3v) is 5.35. The molecule has 0 spiro atoms. The van der Waals surface area contributed by atoms with Crippen molar-refractivity contribution in [3.63, 3.8) is 0 Å². The monoisotopic (exact) mass is 352 g/mol. The molecule has 2 atom stereocenters. The van der Waals surface area contributed by atoms with Crippen molar-refractivity contribution in [2.75, 3.05) is 0 Å². The zero-order chi connectivity index (χ0) is 13.2. The number of hydrogen-bond acceptors (Lipinski definition) is 3. The van der Waals surface area contributed by atoms with Gasteiger partial charge in [0.25, 0.3) is 10.1 Å². The standard InChI is InChI=1S/C12H14BrClO3S/c13-9-5-7-10(8-6-9)18(15,16)17-12-4-2-1-3-11(12)14/h5-8,11-12H,1-4H2/t11-,12-/m1/s1. The fourth-order valence-electron chi connectivity index (χ4n) is 1.98. The highest BCUT2D eigenvalue weighted by atomic mass is 79.9. The highest BCUT2D eigenvalue weighted by Crippen LogP contribution is 2.28. The summed E-state index contributed by atoms with van der Waals surface area (Å²) in [5, 5.41) is -0.219. The highest BCUT2D eigenvalue weighted by Gasteiger charge is 2.29. The second-order valence-electron chi connectivity index (χ2n) is 4.34. The molecule has 1 aliphatic carbocycles. The zero-order valence-corrected chi connectivity index (χ0v) is 12.8. The van der Waals surface area contributed by atoms with Gasteiger partial charge in [0.05, 0.1) is 16.4 Å². The summed E-state index contributed by atoms with van der Waals surface area (Å²) in [6.45, 7) is 0. The molecule has 1 fully saturated rings. The number of benzene rings is 1. The van der Waals surface area contributed by atoms with E-state index >= 15 is 0 Å². The van der Waals surface area contributed by atoms with Crippen LogP contribution in [0, 0.1) is 0 Å². The molecule has 0 amide bonds. The molecule has 0 saturated heterocycles. The molecule has 0 bridgehead atoms. The van der Waals surface area contributed by atoms with Crippen molar-refractivity contribution in [1.29, 1.82) is 0 Å². The summed E-state index contributed by atoms with van der Waals surface area (Å²) in [4.78, 5) is 0.167. The molecule has 1 aliphatic rings. The molecule has 2 rings (SSSR count). The van der Waals surface area contributed by atoms with Gasteiger partial charge in [-0.25, -0.2) is 0 Å². The van der Waals surface area contributed by atoms with E-state index in [-0.39, 0.29) is 10.3 Å². The Morgan fingerprint density at radius 1 is 1.17 bits per heavy atom. The van der Waals surface area contributed by atoms with Crippen LogP contribution in [0.15, 0.2) is 33.6 Å². The third kappa shape index (κ3) is 3.47. The fourth-order valence-corrected chi connectivity index (χ4v) is 3.77. The number of alkyl halides is 1. The van der Waals surface area contributed by atoms with Crippen molar-refractivity contribution in [3.05, 3.63) is 28.7 Å². The van der Waals surface area contributed by atoms with Crippen LogP contribution in [-0.4, -0.2) is 19.9 Å². The van der Waals surface area contributed by atoms with Gasteiger partial charge in [-0.1, -0.05) is 28.8 Å². The van der Waals surface area contributed by atoms with E-state index < -0.39 is 16.2 Å². The Balaban J connectivity index is 2.13. The van der Waals surface area contributed by atoms with Crippen LogP contribution in [-0.2, 0) is 14.3 Å². The van der Waals surface area contributed by atoms with Crippen molar-refractivity contribution < 1.29 is 12.6 Å². The van der Waals surface area contributed by atoms with E-state index in [1.807, 2.05) is 0 Å². The van der Waals surface area contributed by atoms with Crippen molar-refractivity contribution in [2.45, 2.75) is 42.1 Å². The Labute approximate surface area is 121 Å². The number of rotatable bonds is 3. The van der Waals surface area contributed by atoms with E-state index in [4.69, 9.17) is 15.8 Å². The van der Waals surface area contributed by atoms with E-state index in [1.54, 1.807) is 12.1 Å². The van der Waals surface area contributed by atoms with Gasteiger partial charge in [-0.15, -0.1) is 11.6 Å². The molecule has 6 heteroatoms. The molecular formula is C12H14BrClO3S. The lowest BCUT2D eigenvalue weighted by atomic mass is 9.97. The maximum absolute atomic E-state index is 12.1. The minimum absolute atomic E-state index is 0.167. The average molecular weight is 354 g/mol. The number of hydrogen-bond donors (Lipinski definition) is 0. The Hall–Kier alpha value is -0.100. The van der Waals surface area contributed by atoms with Gasteiger partial charge in [-0.2, -0.15) is 8.42 Å². The fraction of sp³-hybridized carbons (Fsp3) is 0.500. The molecule has 0 N–H and O–H groups in total. The molecule has 0 aromatic heterocycles. The molecule has 18 heavy (non-hydrogen) atoms. The summed E-state index contributed by atoms with van der Waals surface area (Å²) in [5.74, 6) is 0. The Morgan fingerprint density at radius 2 is 1.78 bits per heavy atom. The molecular weight excluding hydrogens is 340 g/mol. The van der Waals surface area contributed by atoms with Crippen LogP contribution in [0.2, 0.25) is 0 Å². The summed E-state index contributed by atoms with van der Waals surface area (Å²) in [6, 6.07) is 6.39. The van der Waals surface area contributed by atoms with Crippen LogP contribution in [0.4, 0.5) is 0 Å². The first-order chi connectivity index (χ1) is 8.49. The van der Waals surface area contributed by atoms with E-state index in [0.717, 1.165) is 23.7 Å². The summed E-state index contributed by atoms with van der Waals surface area (Å²) >= 11 is 9.37. The van der Waals surface area contributed by atoms with Crippen molar-refractivity contribution in [2.24, 2.45) is 0 Å². The first-order valence-electron chi connectivity index (χ1n) is 5.82. The van der Waals surface area contributed by atoms with Crippen molar-refractivity contribution in [1.82, 2.24) is 0 Å². The van der Waals surface area contributed by atoms with E-state index in [2.05, 4.69) is 15.9 Å². The molecule has 1 saturated carbocycles. The molecule has 0 unspecified atom stereocenters. The summed E-state index contributed by atoms with van der Waals surface area (Å²) < 4.78 is 30.2. The summed E-state index contributed by atoms with van der Waals surface area (Å²) in [7, 11) is -3.71. The van der Waals surface area contributed by atoms with E-state index in [9.17, 15) is 8.42 Å². The lowest BCUT2D eigenvalue weighted by Crippen LogP contribution is -2.30. The van der Waals surface area contributed by atoms with Gasteiger partial charge in [0.1, 0.15) is 0 Å². The van der Waals surface area contributed by atoms with E-state index in [0.29, 0.717) is 6.42 Å². The maximum Gasteiger partial charge on any atom is 0.297 e. The smallest absolute Gasteiger partial charge is 0.261 e. The zero-order valence-electron chi connectivity index (χ0n) is 9.68. The lowest BCUT2D eigenvalue weighted by molar-refractivity contribution is 0.166. The predicted molar refractivity (Wildman–Crippen MR) is 74.3 cm³/mol. The molecule has 0 radical (unpaired) electrons. The second kappa shape index (κ2) is 5.90. The van der Waals surface area contributed by atoms with Crippen LogP contribution in [0.25, 0.3) is 0 Å². The maximum atomic E-state index is 12.1. The lowest BCUT2D eigenvalue weighted by Gasteiger charge is -2.26. The van der Waals surface area contributed by atoms with E-state index in [1.165, 1.54) is 12.1 Å². The first-order valence-corrected chi connectivity index (χ1v) is 8.46. The van der Waals surface area contributed by atoms with Crippen LogP contribution >= 0.6 is 27.5 Å². The number of halogens is 2. The molecule has 3 nitrogen and oxygen atoms in total. The van der Waals surface area contributed by atoms with Gasteiger partial charge in [0.15, 0.2) is 0 Å². The minimum Gasteiger partial charge on any atom is -0.261 e. The van der Waals surface area contributed by atoms with Crippen LogP contribution in [0.3, 0.4) is 0 Å². The van der Waals surface area contributed by atoms with Gasteiger partial charge in [0, 0.05) is 4.47 Å². The minimum atomic E-state index is -3.71. The normalized spacial score (nSPS) is 25.0. The third-order valence-electron chi connectivity index (χ3n) is 2.97.